The number of ether oxygens (including phenoxy) is 1. The summed E-state index contributed by atoms with van der Waals surface area (Å²) in [6.45, 7) is 6.27. The molecule has 0 saturated carbocycles. The second kappa shape index (κ2) is 8.60. The number of aromatic nitrogens is 1. The Bertz CT molecular complexity index is 670. The number of nitrogens with one attached hydrogen (secondary N) is 2. The van der Waals surface area contributed by atoms with Gasteiger partial charge >= 0.3 is 0 Å². The first-order valence-electron chi connectivity index (χ1n) is 8.59. The van der Waals surface area contributed by atoms with E-state index < -0.39 is 0 Å². The minimum Gasteiger partial charge on any atom is -0.379 e. The third-order valence-corrected chi connectivity index (χ3v) is 4.13. The first kappa shape index (κ1) is 17.4. The van der Waals surface area contributed by atoms with E-state index in [1.54, 1.807) is 12.4 Å². The van der Waals surface area contributed by atoms with Crippen LogP contribution in [0.15, 0.2) is 48.8 Å². The molecule has 0 unspecified atom stereocenters. The average Bonchev–Trinajstić information content (AvgIpc) is 2.64. The highest BCUT2D eigenvalue weighted by Gasteiger charge is 2.15. The van der Waals surface area contributed by atoms with Gasteiger partial charge in [0, 0.05) is 55.0 Å². The summed E-state index contributed by atoms with van der Waals surface area (Å²) in [6.07, 6.45) is 3.47. The second-order valence-electron chi connectivity index (χ2n) is 6.23. The number of hydrogen-bond donors (Lipinski definition) is 2. The molecule has 2 heterocycles. The normalized spacial score (nSPS) is 16.2. The molecular formula is C19H24N4O2. The molecule has 132 valence electrons. The van der Waals surface area contributed by atoms with Gasteiger partial charge in [-0.05, 0) is 43.3 Å². The van der Waals surface area contributed by atoms with Crippen molar-refractivity contribution in [2.45, 2.75) is 13.0 Å². The third-order valence-electron chi connectivity index (χ3n) is 4.13. The number of benzene rings is 1. The number of amides is 1. The lowest BCUT2D eigenvalue weighted by Gasteiger charge is -2.29. The molecule has 1 atom stereocenters. The molecule has 1 aromatic heterocycles. The minimum atomic E-state index is -0.0452. The summed E-state index contributed by atoms with van der Waals surface area (Å²) < 4.78 is 5.35. The van der Waals surface area contributed by atoms with Crippen LogP contribution < -0.4 is 10.6 Å². The average molecular weight is 340 g/mol. The van der Waals surface area contributed by atoms with Crippen molar-refractivity contribution in [2.75, 3.05) is 38.2 Å². The van der Waals surface area contributed by atoms with Gasteiger partial charge in [0.05, 0.1) is 13.2 Å². The number of rotatable bonds is 6. The zero-order valence-corrected chi connectivity index (χ0v) is 14.4. The van der Waals surface area contributed by atoms with Gasteiger partial charge in [-0.3, -0.25) is 14.7 Å². The van der Waals surface area contributed by atoms with Gasteiger partial charge < -0.3 is 15.4 Å². The second-order valence-corrected chi connectivity index (χ2v) is 6.23. The molecule has 2 N–H and O–H groups in total. The zero-order chi connectivity index (χ0) is 17.5. The van der Waals surface area contributed by atoms with E-state index in [0.717, 1.165) is 44.2 Å². The molecule has 6 nitrogen and oxygen atoms in total. The Kier molecular flexibility index (Phi) is 5.98. The number of carbonyl (C=O) groups is 1. The molecule has 1 aliphatic heterocycles. The maximum Gasteiger partial charge on any atom is 0.251 e. The standard InChI is InChI=1S/C19H24N4O2/c1-15(14-23-10-12-25-13-11-23)21-19(24)16-2-4-17(5-3-16)22-18-6-8-20-9-7-18/h2-9,15H,10-14H2,1H3,(H,20,22)(H,21,24)/t15-/m0/s1. The summed E-state index contributed by atoms with van der Waals surface area (Å²) in [5.74, 6) is -0.0452. The van der Waals surface area contributed by atoms with Gasteiger partial charge in [0.25, 0.3) is 5.91 Å². The lowest BCUT2D eigenvalue weighted by atomic mass is 10.1. The Labute approximate surface area is 148 Å². The van der Waals surface area contributed by atoms with E-state index in [1.165, 1.54) is 0 Å². The quantitative estimate of drug-likeness (QED) is 0.844. The predicted octanol–water partition coefficient (Wildman–Crippen LogP) is 2.28. The van der Waals surface area contributed by atoms with Crippen molar-refractivity contribution in [1.29, 1.82) is 0 Å². The highest BCUT2D eigenvalue weighted by Crippen LogP contribution is 2.16. The fourth-order valence-electron chi connectivity index (χ4n) is 2.83. The first-order valence-corrected chi connectivity index (χ1v) is 8.59. The summed E-state index contributed by atoms with van der Waals surface area (Å²) >= 11 is 0. The van der Waals surface area contributed by atoms with Gasteiger partial charge in [-0.15, -0.1) is 0 Å². The van der Waals surface area contributed by atoms with E-state index in [4.69, 9.17) is 4.74 Å². The maximum absolute atomic E-state index is 12.4. The van der Waals surface area contributed by atoms with Crippen LogP contribution in [0.1, 0.15) is 17.3 Å². The van der Waals surface area contributed by atoms with Gasteiger partial charge in [0.15, 0.2) is 0 Å². The van der Waals surface area contributed by atoms with Gasteiger partial charge in [0.2, 0.25) is 0 Å². The summed E-state index contributed by atoms with van der Waals surface area (Å²) in [6, 6.07) is 11.4. The lowest BCUT2D eigenvalue weighted by Crippen LogP contribution is -2.46. The molecule has 0 aliphatic carbocycles. The zero-order valence-electron chi connectivity index (χ0n) is 14.4. The number of morpholine rings is 1. The topological polar surface area (TPSA) is 66.5 Å². The number of anilines is 2. The fourth-order valence-corrected chi connectivity index (χ4v) is 2.83. The Morgan fingerprint density at radius 1 is 1.12 bits per heavy atom. The number of nitrogens with zero attached hydrogens (tertiary/aromatic N) is 2. The summed E-state index contributed by atoms with van der Waals surface area (Å²) in [4.78, 5) is 18.7. The molecule has 25 heavy (non-hydrogen) atoms. The Hall–Kier alpha value is -2.44. The smallest absolute Gasteiger partial charge is 0.251 e. The highest BCUT2D eigenvalue weighted by atomic mass is 16.5. The molecule has 1 amide bonds. The van der Waals surface area contributed by atoms with Gasteiger partial charge in [-0.25, -0.2) is 0 Å². The van der Waals surface area contributed by atoms with E-state index in [0.29, 0.717) is 5.56 Å². The van der Waals surface area contributed by atoms with E-state index in [9.17, 15) is 4.79 Å². The van der Waals surface area contributed by atoms with Crippen LogP contribution in [0.4, 0.5) is 11.4 Å². The van der Waals surface area contributed by atoms with Crippen LogP contribution >= 0.6 is 0 Å². The van der Waals surface area contributed by atoms with Crippen LogP contribution in [0.3, 0.4) is 0 Å². The van der Waals surface area contributed by atoms with Crippen molar-refractivity contribution in [3.63, 3.8) is 0 Å². The van der Waals surface area contributed by atoms with E-state index in [2.05, 4.69) is 20.5 Å². The number of pyridine rings is 1. The predicted molar refractivity (Wildman–Crippen MR) is 98.1 cm³/mol. The largest absolute Gasteiger partial charge is 0.379 e. The van der Waals surface area contributed by atoms with Gasteiger partial charge in [-0.2, -0.15) is 0 Å². The lowest BCUT2D eigenvalue weighted by molar-refractivity contribution is 0.0342. The molecule has 0 bridgehead atoms. The van der Waals surface area contributed by atoms with Crippen molar-refractivity contribution < 1.29 is 9.53 Å². The highest BCUT2D eigenvalue weighted by molar-refractivity contribution is 5.94. The molecule has 1 saturated heterocycles. The van der Waals surface area contributed by atoms with Crippen LogP contribution in [-0.2, 0) is 4.74 Å². The van der Waals surface area contributed by atoms with E-state index >= 15 is 0 Å². The molecule has 0 spiro atoms. The third kappa shape index (κ3) is 5.27. The van der Waals surface area contributed by atoms with Crippen molar-refractivity contribution in [1.82, 2.24) is 15.2 Å². The van der Waals surface area contributed by atoms with Crippen LogP contribution in [0.5, 0.6) is 0 Å². The van der Waals surface area contributed by atoms with Crippen LogP contribution in [0.25, 0.3) is 0 Å². The molecule has 1 aromatic carbocycles. The van der Waals surface area contributed by atoms with Gasteiger partial charge in [-0.1, -0.05) is 0 Å². The maximum atomic E-state index is 12.4. The van der Waals surface area contributed by atoms with Gasteiger partial charge in [0.1, 0.15) is 0 Å². The monoisotopic (exact) mass is 340 g/mol. The van der Waals surface area contributed by atoms with Crippen molar-refractivity contribution in [3.8, 4) is 0 Å². The number of carbonyl (C=O) groups excluding carboxylic acids is 1. The van der Waals surface area contributed by atoms with Crippen molar-refractivity contribution in [2.24, 2.45) is 0 Å². The van der Waals surface area contributed by atoms with Crippen molar-refractivity contribution >= 4 is 17.3 Å². The SMILES string of the molecule is C[C@@H](CN1CCOCC1)NC(=O)c1ccc(Nc2ccncc2)cc1. The molecule has 2 aromatic rings. The Morgan fingerprint density at radius 3 is 2.44 bits per heavy atom. The van der Waals surface area contributed by atoms with E-state index in [1.807, 2.05) is 43.3 Å². The number of hydrogen-bond acceptors (Lipinski definition) is 5. The minimum absolute atomic E-state index is 0.0452. The summed E-state index contributed by atoms with van der Waals surface area (Å²) in [5, 5.41) is 6.34. The first-order chi connectivity index (χ1) is 12.2. The van der Waals surface area contributed by atoms with Crippen LogP contribution in [0, 0.1) is 0 Å². The molecule has 1 fully saturated rings. The molecule has 6 heteroatoms. The fraction of sp³-hybridized carbons (Fsp3) is 0.368. The van der Waals surface area contributed by atoms with Crippen LogP contribution in [0.2, 0.25) is 0 Å². The Morgan fingerprint density at radius 2 is 1.76 bits per heavy atom. The molecule has 3 rings (SSSR count). The summed E-state index contributed by atoms with van der Waals surface area (Å²) in [5.41, 5.74) is 2.56. The Balaban J connectivity index is 1.51. The van der Waals surface area contributed by atoms with Crippen molar-refractivity contribution in [3.05, 3.63) is 54.4 Å². The molecule has 1 aliphatic rings. The van der Waals surface area contributed by atoms with E-state index in [-0.39, 0.29) is 11.9 Å². The molecular weight excluding hydrogens is 316 g/mol. The summed E-state index contributed by atoms with van der Waals surface area (Å²) in [7, 11) is 0. The van der Waals surface area contributed by atoms with Crippen LogP contribution in [-0.4, -0.2) is 54.7 Å². The molecule has 0 radical (unpaired) electrons.